The minimum absolute atomic E-state index is 0.192. The fraction of sp³-hybridized carbons (Fsp3) is 0.250. The highest BCUT2D eigenvalue weighted by Crippen LogP contribution is 2.20. The van der Waals surface area contributed by atoms with E-state index in [1.165, 1.54) is 17.4 Å². The number of nitrogens with zero attached hydrogens (tertiary/aromatic N) is 1. The molecule has 1 heterocycles. The van der Waals surface area contributed by atoms with Crippen molar-refractivity contribution >= 4 is 29.1 Å². The molecule has 0 bridgehead atoms. The molecule has 25 heavy (non-hydrogen) atoms. The summed E-state index contributed by atoms with van der Waals surface area (Å²) in [5.74, 6) is -1.69. The van der Waals surface area contributed by atoms with Gasteiger partial charge < -0.3 is 20.5 Å². The summed E-state index contributed by atoms with van der Waals surface area (Å²) >= 11 is 1.51. The molecule has 0 aliphatic rings. The maximum Gasteiger partial charge on any atom is 0.342 e. The van der Waals surface area contributed by atoms with Crippen LogP contribution < -0.4 is 15.8 Å². The van der Waals surface area contributed by atoms with E-state index >= 15 is 0 Å². The van der Waals surface area contributed by atoms with Gasteiger partial charge in [-0.05, 0) is 19.1 Å². The van der Waals surface area contributed by atoms with Gasteiger partial charge in [0.25, 0.3) is 5.91 Å². The molecule has 0 saturated carbocycles. The van der Waals surface area contributed by atoms with Crippen molar-refractivity contribution in [2.24, 2.45) is 5.73 Å². The first kappa shape index (κ1) is 18.4. The fourth-order valence-electron chi connectivity index (χ4n) is 1.83. The molecular weight excluding hydrogens is 346 g/mol. The molecule has 0 fully saturated rings. The number of aromatic nitrogens is 1. The molecule has 2 amide bonds. The molecule has 0 saturated heterocycles. The number of carbonyl (C=O) groups is 3. The van der Waals surface area contributed by atoms with Crippen LogP contribution in [0.5, 0.6) is 5.75 Å². The molecule has 2 rings (SSSR count). The van der Waals surface area contributed by atoms with Crippen molar-refractivity contribution in [3.63, 3.8) is 0 Å². The van der Waals surface area contributed by atoms with Gasteiger partial charge in [0.15, 0.2) is 6.61 Å². The summed E-state index contributed by atoms with van der Waals surface area (Å²) in [6, 6.07) is 6.54. The van der Waals surface area contributed by atoms with Gasteiger partial charge in [-0.15, -0.1) is 11.3 Å². The minimum atomic E-state index is -0.709. The van der Waals surface area contributed by atoms with Crippen molar-refractivity contribution in [3.05, 3.63) is 45.9 Å². The number of hydrogen-bond acceptors (Lipinski definition) is 7. The summed E-state index contributed by atoms with van der Waals surface area (Å²) in [4.78, 5) is 38.4. The maximum atomic E-state index is 12.1. The topological polar surface area (TPSA) is 121 Å². The number of aryl methyl sites for hydroxylation is 1. The molecule has 132 valence electrons. The summed E-state index contributed by atoms with van der Waals surface area (Å²) in [6.45, 7) is 1.27. The Morgan fingerprint density at radius 3 is 2.72 bits per heavy atom. The lowest BCUT2D eigenvalue weighted by Crippen LogP contribution is -2.36. The largest absolute Gasteiger partial charge is 0.486 e. The van der Waals surface area contributed by atoms with Crippen LogP contribution in [0, 0.1) is 6.92 Å². The van der Waals surface area contributed by atoms with Crippen LogP contribution in [0.1, 0.15) is 21.1 Å². The Bertz CT molecular complexity index is 775. The van der Waals surface area contributed by atoms with E-state index in [2.05, 4.69) is 10.3 Å². The highest BCUT2D eigenvalue weighted by molar-refractivity contribution is 7.09. The van der Waals surface area contributed by atoms with Gasteiger partial charge >= 0.3 is 5.97 Å². The lowest BCUT2D eigenvalue weighted by molar-refractivity contribution is -0.127. The second-order valence-corrected chi connectivity index (χ2v) is 6.02. The number of primary amides is 1. The summed E-state index contributed by atoms with van der Waals surface area (Å²) in [6.07, 6.45) is 0. The first-order valence-electron chi connectivity index (χ1n) is 7.30. The molecule has 8 nitrogen and oxygen atoms in total. The first-order valence-corrected chi connectivity index (χ1v) is 8.18. The van der Waals surface area contributed by atoms with Crippen LogP contribution in [0.4, 0.5) is 0 Å². The number of carbonyl (C=O) groups excluding carboxylic acids is 3. The Hall–Kier alpha value is -2.94. The number of thiazole rings is 1. The second kappa shape index (κ2) is 8.78. The maximum absolute atomic E-state index is 12.1. The molecule has 0 aliphatic carbocycles. The number of rotatable bonds is 8. The average molecular weight is 363 g/mol. The Kier molecular flexibility index (Phi) is 6.47. The zero-order valence-electron chi connectivity index (χ0n) is 13.5. The number of ether oxygens (including phenoxy) is 2. The highest BCUT2D eigenvalue weighted by Gasteiger charge is 2.15. The Morgan fingerprint density at radius 2 is 2.04 bits per heavy atom. The molecule has 0 unspecified atom stereocenters. The zero-order valence-corrected chi connectivity index (χ0v) is 14.3. The van der Waals surface area contributed by atoms with E-state index in [0.29, 0.717) is 5.75 Å². The van der Waals surface area contributed by atoms with Crippen LogP contribution >= 0.6 is 11.3 Å². The van der Waals surface area contributed by atoms with Crippen LogP contribution in [-0.4, -0.2) is 35.9 Å². The summed E-state index contributed by atoms with van der Waals surface area (Å²) in [5.41, 5.74) is 5.86. The standard InChI is InChI=1S/C16H17N3O5S/c1-10-19-11(9-25-10)7-23-13-5-3-2-4-12(13)16(22)24-8-15(21)18-6-14(17)20/h2-5,9H,6-8H2,1H3,(H2,17,20)(H,18,21). The fourth-order valence-corrected chi connectivity index (χ4v) is 2.43. The van der Waals surface area contributed by atoms with E-state index < -0.39 is 24.4 Å². The Balaban J connectivity index is 1.93. The third kappa shape index (κ3) is 5.88. The number of nitrogens with two attached hydrogens (primary N) is 1. The number of benzene rings is 1. The van der Waals surface area contributed by atoms with Gasteiger partial charge in [0, 0.05) is 5.38 Å². The van der Waals surface area contributed by atoms with E-state index in [-0.39, 0.29) is 18.7 Å². The second-order valence-electron chi connectivity index (χ2n) is 4.96. The minimum Gasteiger partial charge on any atom is -0.486 e. The smallest absolute Gasteiger partial charge is 0.342 e. The molecule has 2 aromatic rings. The van der Waals surface area contributed by atoms with Gasteiger partial charge in [-0.25, -0.2) is 9.78 Å². The van der Waals surface area contributed by atoms with Crippen molar-refractivity contribution in [1.29, 1.82) is 0 Å². The monoisotopic (exact) mass is 363 g/mol. The first-order chi connectivity index (χ1) is 12.0. The molecule has 0 spiro atoms. The molecule has 1 aromatic heterocycles. The summed E-state index contributed by atoms with van der Waals surface area (Å²) in [5, 5.41) is 5.02. The summed E-state index contributed by atoms with van der Waals surface area (Å²) < 4.78 is 10.5. The molecule has 1 aromatic carbocycles. The van der Waals surface area contributed by atoms with E-state index in [9.17, 15) is 14.4 Å². The third-order valence-electron chi connectivity index (χ3n) is 2.94. The van der Waals surface area contributed by atoms with Gasteiger partial charge in [0.2, 0.25) is 5.91 Å². The van der Waals surface area contributed by atoms with Crippen molar-refractivity contribution in [3.8, 4) is 5.75 Å². The van der Waals surface area contributed by atoms with Gasteiger partial charge in [-0.1, -0.05) is 12.1 Å². The van der Waals surface area contributed by atoms with Crippen LogP contribution in [0.15, 0.2) is 29.6 Å². The van der Waals surface area contributed by atoms with Gasteiger partial charge in [-0.2, -0.15) is 0 Å². The number of para-hydroxylation sites is 1. The van der Waals surface area contributed by atoms with Crippen molar-refractivity contribution in [2.75, 3.05) is 13.2 Å². The molecule has 0 radical (unpaired) electrons. The van der Waals surface area contributed by atoms with Gasteiger partial charge in [-0.3, -0.25) is 9.59 Å². The number of amides is 2. The van der Waals surface area contributed by atoms with Crippen LogP contribution in [0.3, 0.4) is 0 Å². The van der Waals surface area contributed by atoms with Gasteiger partial charge in [0.05, 0.1) is 17.2 Å². The summed E-state index contributed by atoms with van der Waals surface area (Å²) in [7, 11) is 0. The van der Waals surface area contributed by atoms with Crippen molar-refractivity contribution in [1.82, 2.24) is 10.3 Å². The molecule has 0 atom stereocenters. The molecule has 0 aliphatic heterocycles. The number of nitrogens with one attached hydrogen (secondary N) is 1. The molecular formula is C16H17N3O5S. The van der Waals surface area contributed by atoms with Gasteiger partial charge in [0.1, 0.15) is 17.9 Å². The molecule has 9 heteroatoms. The normalized spacial score (nSPS) is 10.1. The lowest BCUT2D eigenvalue weighted by Gasteiger charge is -2.10. The van der Waals surface area contributed by atoms with E-state index in [0.717, 1.165) is 10.7 Å². The third-order valence-corrected chi connectivity index (χ3v) is 3.77. The Morgan fingerprint density at radius 1 is 1.28 bits per heavy atom. The van der Waals surface area contributed by atoms with Crippen molar-refractivity contribution in [2.45, 2.75) is 13.5 Å². The van der Waals surface area contributed by atoms with E-state index in [4.69, 9.17) is 15.2 Å². The number of esters is 1. The predicted octanol–water partition coefficient (Wildman–Crippen LogP) is 0.789. The predicted molar refractivity (Wildman–Crippen MR) is 90.1 cm³/mol. The Labute approximate surface area is 148 Å². The van der Waals surface area contributed by atoms with E-state index in [1.807, 2.05) is 12.3 Å². The van der Waals surface area contributed by atoms with Crippen molar-refractivity contribution < 1.29 is 23.9 Å². The quantitative estimate of drug-likeness (QED) is 0.669. The van der Waals surface area contributed by atoms with Crippen LogP contribution in [0.2, 0.25) is 0 Å². The highest BCUT2D eigenvalue weighted by atomic mass is 32.1. The molecule has 3 N–H and O–H groups in total. The van der Waals surface area contributed by atoms with E-state index in [1.54, 1.807) is 18.2 Å². The lowest BCUT2D eigenvalue weighted by atomic mass is 10.2. The van der Waals surface area contributed by atoms with Crippen LogP contribution in [-0.2, 0) is 20.9 Å². The zero-order chi connectivity index (χ0) is 18.2. The SMILES string of the molecule is Cc1nc(COc2ccccc2C(=O)OCC(=O)NCC(N)=O)cs1. The average Bonchev–Trinajstić information content (AvgIpc) is 3.01. The van der Waals surface area contributed by atoms with Crippen LogP contribution in [0.25, 0.3) is 0 Å². The number of hydrogen-bond donors (Lipinski definition) is 2.